The molecule has 0 atom stereocenters. The van der Waals surface area contributed by atoms with Gasteiger partial charge in [0.25, 0.3) is 5.92 Å². The van der Waals surface area contributed by atoms with Crippen molar-refractivity contribution in [2.45, 2.75) is 39.0 Å². The molecule has 0 amide bonds. The standard InChI is InChI=1S/C11H15F2N/c1-10(2,3)9-7-8(5-6-14-9)11(4,12)13/h5-7H,1-4H3. The lowest BCUT2D eigenvalue weighted by Crippen LogP contribution is -2.16. The average molecular weight is 199 g/mol. The summed E-state index contributed by atoms with van der Waals surface area (Å²) in [7, 11) is 0. The van der Waals surface area contributed by atoms with Gasteiger partial charge in [0.1, 0.15) is 0 Å². The number of rotatable bonds is 1. The Hall–Kier alpha value is -0.990. The highest BCUT2D eigenvalue weighted by Crippen LogP contribution is 2.29. The summed E-state index contributed by atoms with van der Waals surface area (Å²) in [5.41, 5.74) is 0.523. The van der Waals surface area contributed by atoms with Gasteiger partial charge in [-0.2, -0.15) is 0 Å². The molecule has 0 aliphatic heterocycles. The van der Waals surface area contributed by atoms with Crippen LogP contribution in [0.25, 0.3) is 0 Å². The summed E-state index contributed by atoms with van der Waals surface area (Å²) >= 11 is 0. The third kappa shape index (κ3) is 2.50. The summed E-state index contributed by atoms with van der Waals surface area (Å²) < 4.78 is 26.0. The fourth-order valence-corrected chi connectivity index (χ4v) is 1.11. The van der Waals surface area contributed by atoms with Crippen LogP contribution in [0.15, 0.2) is 18.3 Å². The third-order valence-electron chi connectivity index (χ3n) is 2.04. The van der Waals surface area contributed by atoms with Crippen LogP contribution in [-0.4, -0.2) is 4.98 Å². The van der Waals surface area contributed by atoms with Gasteiger partial charge in [-0.1, -0.05) is 20.8 Å². The minimum atomic E-state index is -2.79. The molecule has 1 nitrogen and oxygen atoms in total. The number of halogens is 2. The van der Waals surface area contributed by atoms with Crippen LogP contribution in [0.3, 0.4) is 0 Å². The van der Waals surface area contributed by atoms with Gasteiger partial charge in [-0.25, -0.2) is 8.78 Å². The van der Waals surface area contributed by atoms with Gasteiger partial charge in [0.15, 0.2) is 0 Å². The van der Waals surface area contributed by atoms with E-state index in [4.69, 9.17) is 0 Å². The van der Waals surface area contributed by atoms with Crippen molar-refractivity contribution >= 4 is 0 Å². The molecule has 1 rings (SSSR count). The van der Waals surface area contributed by atoms with Gasteiger partial charge < -0.3 is 0 Å². The molecule has 0 radical (unpaired) electrons. The highest BCUT2D eigenvalue weighted by atomic mass is 19.3. The highest BCUT2D eigenvalue weighted by Gasteiger charge is 2.26. The molecule has 0 saturated heterocycles. The van der Waals surface area contributed by atoms with Crippen LogP contribution in [0, 0.1) is 0 Å². The van der Waals surface area contributed by atoms with Crippen molar-refractivity contribution in [1.29, 1.82) is 0 Å². The second-order valence-corrected chi connectivity index (χ2v) is 4.57. The molecular weight excluding hydrogens is 184 g/mol. The molecule has 1 aromatic rings. The van der Waals surface area contributed by atoms with E-state index in [1.165, 1.54) is 18.3 Å². The number of hydrogen-bond donors (Lipinski definition) is 0. The number of pyridine rings is 1. The summed E-state index contributed by atoms with van der Waals surface area (Å²) in [5.74, 6) is -2.79. The smallest absolute Gasteiger partial charge is 0.261 e. The first-order valence-electron chi connectivity index (χ1n) is 4.56. The van der Waals surface area contributed by atoms with E-state index in [2.05, 4.69) is 4.98 Å². The van der Waals surface area contributed by atoms with Crippen LogP contribution in [0.5, 0.6) is 0 Å². The second kappa shape index (κ2) is 3.30. The summed E-state index contributed by atoms with van der Waals surface area (Å²) in [5, 5.41) is 0. The lowest BCUT2D eigenvalue weighted by Gasteiger charge is -2.19. The van der Waals surface area contributed by atoms with Gasteiger partial charge >= 0.3 is 0 Å². The summed E-state index contributed by atoms with van der Waals surface area (Å²) in [4.78, 5) is 4.09. The van der Waals surface area contributed by atoms with Crippen molar-refractivity contribution in [3.8, 4) is 0 Å². The van der Waals surface area contributed by atoms with Crippen molar-refractivity contribution in [2.75, 3.05) is 0 Å². The van der Waals surface area contributed by atoms with Crippen molar-refractivity contribution in [1.82, 2.24) is 4.98 Å². The van der Waals surface area contributed by atoms with E-state index in [0.717, 1.165) is 6.92 Å². The largest absolute Gasteiger partial charge is 0.270 e. The first-order valence-corrected chi connectivity index (χ1v) is 4.56. The summed E-state index contributed by atoms with van der Waals surface area (Å²) in [6.07, 6.45) is 1.44. The maximum atomic E-state index is 13.0. The van der Waals surface area contributed by atoms with Crippen molar-refractivity contribution in [2.24, 2.45) is 0 Å². The number of nitrogens with zero attached hydrogens (tertiary/aromatic N) is 1. The third-order valence-corrected chi connectivity index (χ3v) is 2.04. The van der Waals surface area contributed by atoms with Crippen LogP contribution in [0.4, 0.5) is 8.78 Å². The summed E-state index contributed by atoms with van der Waals surface area (Å²) in [6.45, 7) is 6.75. The molecule has 14 heavy (non-hydrogen) atoms. The maximum absolute atomic E-state index is 13.0. The maximum Gasteiger partial charge on any atom is 0.270 e. The molecule has 0 N–H and O–H groups in total. The number of alkyl halides is 2. The van der Waals surface area contributed by atoms with E-state index in [1.54, 1.807) is 0 Å². The Labute approximate surface area is 83.2 Å². The molecule has 78 valence electrons. The van der Waals surface area contributed by atoms with Gasteiger partial charge in [0.05, 0.1) is 0 Å². The molecule has 1 aromatic heterocycles. The molecule has 0 fully saturated rings. The van der Waals surface area contributed by atoms with E-state index < -0.39 is 5.92 Å². The van der Waals surface area contributed by atoms with Gasteiger partial charge in [0, 0.05) is 29.8 Å². The number of hydrogen-bond acceptors (Lipinski definition) is 1. The van der Waals surface area contributed by atoms with Crippen LogP contribution < -0.4 is 0 Å². The zero-order valence-corrected chi connectivity index (χ0v) is 8.94. The highest BCUT2D eigenvalue weighted by molar-refractivity contribution is 5.24. The summed E-state index contributed by atoms with van der Waals surface area (Å²) in [6, 6.07) is 2.83. The Kier molecular flexibility index (Phi) is 2.61. The Bertz CT molecular complexity index is 292. The zero-order valence-electron chi connectivity index (χ0n) is 8.94. The van der Waals surface area contributed by atoms with Gasteiger partial charge in [-0.3, -0.25) is 4.98 Å². The Morgan fingerprint density at radius 2 is 1.71 bits per heavy atom. The molecule has 1 heterocycles. The fraction of sp³-hybridized carbons (Fsp3) is 0.545. The molecule has 0 saturated carbocycles. The van der Waals surface area contributed by atoms with Crippen molar-refractivity contribution < 1.29 is 8.78 Å². The molecule has 3 heteroatoms. The molecule has 0 aliphatic carbocycles. The minimum Gasteiger partial charge on any atom is -0.261 e. The van der Waals surface area contributed by atoms with Crippen molar-refractivity contribution in [3.63, 3.8) is 0 Å². The van der Waals surface area contributed by atoms with Crippen LogP contribution >= 0.6 is 0 Å². The molecule has 0 bridgehead atoms. The fourth-order valence-electron chi connectivity index (χ4n) is 1.11. The SMILES string of the molecule is CC(C)(C)c1cc(C(C)(F)F)ccn1. The monoisotopic (exact) mass is 199 g/mol. The van der Waals surface area contributed by atoms with E-state index in [0.29, 0.717) is 5.69 Å². The van der Waals surface area contributed by atoms with Gasteiger partial charge in [0.2, 0.25) is 0 Å². The molecule has 0 aliphatic rings. The minimum absolute atomic E-state index is 0.0254. The first kappa shape index (κ1) is 11.1. The van der Waals surface area contributed by atoms with Gasteiger partial charge in [-0.05, 0) is 12.1 Å². The predicted octanol–water partition coefficient (Wildman–Crippen LogP) is 3.49. The Balaban J connectivity index is 3.15. The van der Waals surface area contributed by atoms with E-state index in [1.807, 2.05) is 20.8 Å². The Morgan fingerprint density at radius 1 is 1.14 bits per heavy atom. The molecule has 0 unspecified atom stereocenters. The van der Waals surface area contributed by atoms with Crippen LogP contribution in [0.1, 0.15) is 39.0 Å². The van der Waals surface area contributed by atoms with Gasteiger partial charge in [-0.15, -0.1) is 0 Å². The Morgan fingerprint density at radius 3 is 2.14 bits per heavy atom. The van der Waals surface area contributed by atoms with E-state index in [9.17, 15) is 8.78 Å². The quantitative estimate of drug-likeness (QED) is 0.674. The van der Waals surface area contributed by atoms with Crippen LogP contribution in [-0.2, 0) is 11.3 Å². The molecule has 0 aromatic carbocycles. The zero-order chi connectivity index (χ0) is 11.0. The normalized spacial score (nSPS) is 13.0. The second-order valence-electron chi connectivity index (χ2n) is 4.57. The topological polar surface area (TPSA) is 12.9 Å². The van der Waals surface area contributed by atoms with E-state index >= 15 is 0 Å². The lowest BCUT2D eigenvalue weighted by molar-refractivity contribution is 0.0172. The predicted molar refractivity (Wildman–Crippen MR) is 52.5 cm³/mol. The van der Waals surface area contributed by atoms with Crippen LogP contribution in [0.2, 0.25) is 0 Å². The molecule has 0 spiro atoms. The lowest BCUT2D eigenvalue weighted by atomic mass is 9.90. The molecular formula is C11H15F2N. The average Bonchev–Trinajstić information content (AvgIpc) is 2.01. The first-order chi connectivity index (χ1) is 6.21. The van der Waals surface area contributed by atoms with Crippen molar-refractivity contribution in [3.05, 3.63) is 29.6 Å². The number of aromatic nitrogens is 1. The van der Waals surface area contributed by atoms with E-state index in [-0.39, 0.29) is 11.0 Å².